The lowest BCUT2D eigenvalue weighted by Crippen LogP contribution is -2.32. The van der Waals surface area contributed by atoms with Gasteiger partial charge in [0.15, 0.2) is 9.84 Å². The number of aryl methyl sites for hydroxylation is 2. The summed E-state index contributed by atoms with van der Waals surface area (Å²) in [5, 5.41) is 4.49. The van der Waals surface area contributed by atoms with Crippen molar-refractivity contribution in [3.05, 3.63) is 47.3 Å². The van der Waals surface area contributed by atoms with Crippen molar-refractivity contribution in [2.45, 2.75) is 32.9 Å². The van der Waals surface area contributed by atoms with E-state index in [9.17, 15) is 8.42 Å². The number of hydrogen-bond acceptors (Lipinski definition) is 4. The summed E-state index contributed by atoms with van der Waals surface area (Å²) in [5.41, 5.74) is 4.35. The van der Waals surface area contributed by atoms with Crippen LogP contribution in [0, 0.1) is 13.8 Å². The van der Waals surface area contributed by atoms with Crippen LogP contribution >= 0.6 is 0 Å². The third-order valence-electron chi connectivity index (χ3n) is 4.45. The molecule has 1 atom stereocenters. The maximum absolute atomic E-state index is 11.6. The van der Waals surface area contributed by atoms with Crippen molar-refractivity contribution in [2.75, 3.05) is 18.6 Å². The zero-order valence-corrected chi connectivity index (χ0v) is 14.7. The molecule has 23 heavy (non-hydrogen) atoms. The SMILES string of the molecule is Cc1cc(C)n(-c2ccc(CN(C)C3CCS(=O)(=O)C3)cc2)n1. The van der Waals surface area contributed by atoms with Gasteiger partial charge in [0, 0.05) is 18.3 Å². The number of aromatic nitrogens is 2. The molecule has 1 aromatic carbocycles. The van der Waals surface area contributed by atoms with E-state index in [1.54, 1.807) is 0 Å². The summed E-state index contributed by atoms with van der Waals surface area (Å²) < 4.78 is 25.1. The fourth-order valence-electron chi connectivity index (χ4n) is 3.17. The first-order chi connectivity index (χ1) is 10.8. The van der Waals surface area contributed by atoms with E-state index in [2.05, 4.69) is 40.3 Å². The standard InChI is InChI=1S/C17H23N3O2S/c1-13-10-14(2)20(18-13)16-6-4-15(5-7-16)11-19(3)17-8-9-23(21,22)12-17/h4-7,10,17H,8-9,11-12H2,1-3H3. The minimum absolute atomic E-state index is 0.135. The van der Waals surface area contributed by atoms with Crippen molar-refractivity contribution < 1.29 is 8.42 Å². The molecule has 0 N–H and O–H groups in total. The van der Waals surface area contributed by atoms with E-state index in [0.29, 0.717) is 5.75 Å². The van der Waals surface area contributed by atoms with E-state index in [-0.39, 0.29) is 11.8 Å². The molecule has 1 unspecified atom stereocenters. The molecule has 0 bridgehead atoms. The molecule has 0 radical (unpaired) electrons. The van der Waals surface area contributed by atoms with Crippen molar-refractivity contribution >= 4 is 9.84 Å². The van der Waals surface area contributed by atoms with Gasteiger partial charge in [-0.1, -0.05) is 12.1 Å². The van der Waals surface area contributed by atoms with Crippen LogP contribution in [-0.4, -0.2) is 47.7 Å². The van der Waals surface area contributed by atoms with Crippen LogP contribution in [0.4, 0.5) is 0 Å². The molecule has 1 saturated heterocycles. The van der Waals surface area contributed by atoms with Crippen LogP contribution in [0.1, 0.15) is 23.4 Å². The Morgan fingerprint density at radius 1 is 1.26 bits per heavy atom. The first kappa shape index (κ1) is 16.2. The van der Waals surface area contributed by atoms with E-state index in [0.717, 1.165) is 30.0 Å². The zero-order valence-electron chi connectivity index (χ0n) is 13.9. The number of sulfone groups is 1. The maximum Gasteiger partial charge on any atom is 0.151 e. The Morgan fingerprint density at radius 3 is 2.48 bits per heavy atom. The molecular formula is C17H23N3O2S. The summed E-state index contributed by atoms with van der Waals surface area (Å²) >= 11 is 0. The quantitative estimate of drug-likeness (QED) is 0.860. The van der Waals surface area contributed by atoms with Crippen molar-refractivity contribution in [3.63, 3.8) is 0 Å². The van der Waals surface area contributed by atoms with E-state index >= 15 is 0 Å². The van der Waals surface area contributed by atoms with Crippen LogP contribution in [-0.2, 0) is 16.4 Å². The van der Waals surface area contributed by atoms with Gasteiger partial charge in [0.05, 0.1) is 22.9 Å². The highest BCUT2D eigenvalue weighted by molar-refractivity contribution is 7.91. The highest BCUT2D eigenvalue weighted by atomic mass is 32.2. The molecule has 1 fully saturated rings. The lowest BCUT2D eigenvalue weighted by molar-refractivity contribution is 0.254. The molecule has 1 aliphatic rings. The fourth-order valence-corrected chi connectivity index (χ4v) is 4.98. The Labute approximate surface area is 137 Å². The summed E-state index contributed by atoms with van der Waals surface area (Å²) in [5.74, 6) is 0.603. The second kappa shape index (κ2) is 6.09. The minimum Gasteiger partial charge on any atom is -0.298 e. The minimum atomic E-state index is -2.83. The summed E-state index contributed by atoms with van der Waals surface area (Å²) in [6.07, 6.45) is 0.739. The van der Waals surface area contributed by atoms with Gasteiger partial charge >= 0.3 is 0 Å². The Morgan fingerprint density at radius 2 is 1.96 bits per heavy atom. The molecule has 2 aromatic rings. The van der Waals surface area contributed by atoms with Crippen molar-refractivity contribution in [1.82, 2.24) is 14.7 Å². The summed E-state index contributed by atoms with van der Waals surface area (Å²) in [6, 6.07) is 10.5. The van der Waals surface area contributed by atoms with Gasteiger partial charge in [0.2, 0.25) is 0 Å². The molecule has 5 nitrogen and oxygen atoms in total. The van der Waals surface area contributed by atoms with Gasteiger partial charge in [-0.15, -0.1) is 0 Å². The Balaban J connectivity index is 1.69. The van der Waals surface area contributed by atoms with Gasteiger partial charge in [-0.2, -0.15) is 5.10 Å². The molecule has 0 amide bonds. The van der Waals surface area contributed by atoms with Gasteiger partial charge in [0.25, 0.3) is 0 Å². The first-order valence-electron chi connectivity index (χ1n) is 7.87. The van der Waals surface area contributed by atoms with E-state index < -0.39 is 9.84 Å². The number of hydrogen-bond donors (Lipinski definition) is 0. The zero-order chi connectivity index (χ0) is 16.6. The molecular weight excluding hydrogens is 310 g/mol. The van der Waals surface area contributed by atoms with Gasteiger partial charge in [-0.05, 0) is 51.1 Å². The molecule has 0 spiro atoms. The lowest BCUT2D eigenvalue weighted by Gasteiger charge is -2.23. The summed E-state index contributed by atoms with van der Waals surface area (Å²) in [7, 11) is -0.831. The average molecular weight is 333 g/mol. The van der Waals surface area contributed by atoms with Crippen LogP contribution in [0.5, 0.6) is 0 Å². The number of rotatable bonds is 4. The molecule has 6 heteroatoms. The van der Waals surface area contributed by atoms with Gasteiger partial charge in [0.1, 0.15) is 0 Å². The van der Waals surface area contributed by atoms with Crippen LogP contribution < -0.4 is 0 Å². The third kappa shape index (κ3) is 3.64. The molecule has 3 rings (SSSR count). The van der Waals surface area contributed by atoms with E-state index in [1.165, 1.54) is 5.56 Å². The number of nitrogens with zero attached hydrogens (tertiary/aromatic N) is 3. The largest absolute Gasteiger partial charge is 0.298 e. The molecule has 0 aliphatic carbocycles. The number of benzene rings is 1. The molecule has 124 valence electrons. The summed E-state index contributed by atoms with van der Waals surface area (Å²) in [6.45, 7) is 4.79. The molecule has 0 saturated carbocycles. The highest BCUT2D eigenvalue weighted by Crippen LogP contribution is 2.19. The predicted octanol–water partition coefficient (Wildman–Crippen LogP) is 2.11. The fraction of sp³-hybridized carbons (Fsp3) is 0.471. The average Bonchev–Trinajstić information content (AvgIpc) is 3.01. The van der Waals surface area contributed by atoms with Crippen LogP contribution in [0.3, 0.4) is 0 Å². The van der Waals surface area contributed by atoms with Gasteiger partial charge in [-0.25, -0.2) is 13.1 Å². The second-order valence-electron chi connectivity index (χ2n) is 6.48. The molecule has 1 aromatic heterocycles. The van der Waals surface area contributed by atoms with Crippen LogP contribution in [0.2, 0.25) is 0 Å². The highest BCUT2D eigenvalue weighted by Gasteiger charge is 2.30. The maximum atomic E-state index is 11.6. The van der Waals surface area contributed by atoms with E-state index in [1.807, 2.05) is 25.6 Å². The Hall–Kier alpha value is -1.66. The Bertz CT molecular complexity index is 794. The lowest BCUT2D eigenvalue weighted by atomic mass is 10.1. The normalized spacial score (nSPS) is 20.3. The second-order valence-corrected chi connectivity index (χ2v) is 8.71. The molecule has 2 heterocycles. The van der Waals surface area contributed by atoms with Crippen LogP contribution in [0.25, 0.3) is 5.69 Å². The van der Waals surface area contributed by atoms with Crippen molar-refractivity contribution in [1.29, 1.82) is 0 Å². The monoisotopic (exact) mass is 333 g/mol. The topological polar surface area (TPSA) is 55.2 Å². The smallest absolute Gasteiger partial charge is 0.151 e. The van der Waals surface area contributed by atoms with Crippen LogP contribution in [0.15, 0.2) is 30.3 Å². The van der Waals surface area contributed by atoms with E-state index in [4.69, 9.17) is 0 Å². The summed E-state index contributed by atoms with van der Waals surface area (Å²) in [4.78, 5) is 2.14. The van der Waals surface area contributed by atoms with Crippen molar-refractivity contribution in [3.8, 4) is 5.69 Å². The predicted molar refractivity (Wildman–Crippen MR) is 91.6 cm³/mol. The molecule has 1 aliphatic heterocycles. The van der Waals surface area contributed by atoms with Crippen molar-refractivity contribution in [2.24, 2.45) is 0 Å². The first-order valence-corrected chi connectivity index (χ1v) is 9.69. The van der Waals surface area contributed by atoms with Gasteiger partial charge < -0.3 is 0 Å². The third-order valence-corrected chi connectivity index (χ3v) is 6.20. The Kier molecular flexibility index (Phi) is 4.29. The van der Waals surface area contributed by atoms with Gasteiger partial charge in [-0.3, -0.25) is 4.90 Å².